The Balaban J connectivity index is 1.63. The van der Waals surface area contributed by atoms with Crippen LogP contribution in [0.25, 0.3) is 22.3 Å². The van der Waals surface area contributed by atoms with E-state index in [1.54, 1.807) is 6.07 Å². The number of amides is 1. The zero-order valence-electron chi connectivity index (χ0n) is 17.3. The lowest BCUT2D eigenvalue weighted by atomic mass is 10.1. The number of nitrogens with one attached hydrogen (secondary N) is 1. The molecule has 0 saturated heterocycles. The van der Waals surface area contributed by atoms with Crippen molar-refractivity contribution in [1.29, 1.82) is 0 Å². The smallest absolute Gasteiger partial charge is 0.416 e. The van der Waals surface area contributed by atoms with Crippen LogP contribution < -0.4 is 14.9 Å². The van der Waals surface area contributed by atoms with E-state index < -0.39 is 51.4 Å². The Kier molecular flexibility index (Phi) is 6.34. The number of ether oxygens (including phenoxy) is 1. The minimum atomic E-state index is -4.68. The van der Waals surface area contributed by atoms with Gasteiger partial charge in [0.1, 0.15) is 11.5 Å². The molecule has 180 valence electrons. The van der Waals surface area contributed by atoms with Crippen LogP contribution in [0.2, 0.25) is 5.02 Å². The quantitative estimate of drug-likeness (QED) is 0.496. The van der Waals surface area contributed by atoms with Crippen LogP contribution >= 0.6 is 11.6 Å². The maximum Gasteiger partial charge on any atom is 0.416 e. The number of hydrogen-bond donors (Lipinski definition) is 1. The Morgan fingerprint density at radius 3 is 2.59 bits per heavy atom. The molecule has 1 aromatic heterocycles. The van der Waals surface area contributed by atoms with Gasteiger partial charge >= 0.3 is 6.18 Å². The van der Waals surface area contributed by atoms with Crippen molar-refractivity contribution in [2.45, 2.75) is 30.7 Å². The number of benzene rings is 2. The molecule has 1 fully saturated rings. The Labute approximate surface area is 196 Å². The lowest BCUT2D eigenvalue weighted by Crippen LogP contribution is -2.33. The van der Waals surface area contributed by atoms with E-state index in [0.29, 0.717) is 18.9 Å². The molecule has 34 heavy (non-hydrogen) atoms. The van der Waals surface area contributed by atoms with Gasteiger partial charge in [-0.25, -0.2) is 8.42 Å². The summed E-state index contributed by atoms with van der Waals surface area (Å²) in [5.41, 5.74) is -1.40. The normalized spacial score (nSPS) is 14.2. The van der Waals surface area contributed by atoms with E-state index in [1.165, 1.54) is 12.1 Å². The molecule has 0 radical (unpaired) electrons. The monoisotopic (exact) mass is 515 g/mol. The van der Waals surface area contributed by atoms with E-state index in [2.05, 4.69) is 0 Å². The van der Waals surface area contributed by atoms with Crippen LogP contribution in [-0.4, -0.2) is 26.2 Å². The summed E-state index contributed by atoms with van der Waals surface area (Å²) in [5, 5.41) is -0.270. The predicted octanol–water partition coefficient (Wildman–Crippen LogP) is 4.51. The van der Waals surface area contributed by atoms with Crippen molar-refractivity contribution in [3.8, 4) is 17.1 Å². The van der Waals surface area contributed by atoms with Crippen LogP contribution in [0.5, 0.6) is 5.75 Å². The molecule has 12 heteroatoms. The molecule has 0 unspecified atom stereocenters. The molecule has 3 aromatic rings. The Morgan fingerprint density at radius 2 is 1.91 bits per heavy atom. The van der Waals surface area contributed by atoms with E-state index >= 15 is 0 Å². The highest BCUT2D eigenvalue weighted by Crippen LogP contribution is 2.38. The molecule has 1 saturated carbocycles. The van der Waals surface area contributed by atoms with Crippen LogP contribution in [0.4, 0.5) is 13.2 Å². The van der Waals surface area contributed by atoms with Crippen molar-refractivity contribution in [1.82, 2.24) is 4.72 Å². The van der Waals surface area contributed by atoms with Gasteiger partial charge in [-0.2, -0.15) is 13.2 Å². The molecule has 7 nitrogen and oxygen atoms in total. The summed E-state index contributed by atoms with van der Waals surface area (Å²) in [6.07, 6.45) is -4.17. The van der Waals surface area contributed by atoms with Crippen LogP contribution in [0.1, 0.15) is 24.8 Å². The molecule has 0 aliphatic heterocycles. The third kappa shape index (κ3) is 5.20. The maximum absolute atomic E-state index is 13.3. The summed E-state index contributed by atoms with van der Waals surface area (Å²) in [6.45, 7) is -0.418. The SMILES string of the molecule is O=C(CCOc1cc(C(F)(F)F)ccc1-c1cc(=O)c2cccc(Cl)c2o1)NS(=O)(=O)C1CC1. The van der Waals surface area contributed by atoms with E-state index in [1.807, 2.05) is 4.72 Å². The molecule has 1 N–H and O–H groups in total. The molecule has 1 aliphatic rings. The summed E-state index contributed by atoms with van der Waals surface area (Å²) < 4.78 is 76.5. The molecule has 4 rings (SSSR count). The number of halogens is 4. The third-order valence-electron chi connectivity index (χ3n) is 5.09. The number of hydrogen-bond acceptors (Lipinski definition) is 6. The van der Waals surface area contributed by atoms with E-state index in [0.717, 1.165) is 18.2 Å². The topological polar surface area (TPSA) is 103 Å². The van der Waals surface area contributed by atoms with Crippen molar-refractivity contribution in [2.75, 3.05) is 6.61 Å². The van der Waals surface area contributed by atoms with E-state index in [4.69, 9.17) is 20.8 Å². The number of sulfonamides is 1. The summed E-state index contributed by atoms with van der Waals surface area (Å²) >= 11 is 6.10. The molecule has 1 amide bonds. The third-order valence-corrected chi connectivity index (χ3v) is 7.25. The van der Waals surface area contributed by atoms with Crippen molar-refractivity contribution in [3.63, 3.8) is 0 Å². The second-order valence-corrected chi connectivity index (χ2v) is 10.0. The fraction of sp³-hybridized carbons (Fsp3) is 0.273. The standard InChI is InChI=1S/C22H17ClF3NO6S/c23-16-3-1-2-14-17(28)11-19(33-21(14)16)15-7-4-12(22(24,25)26)10-18(15)32-9-8-20(29)27-34(30,31)13-5-6-13/h1-4,7,10-11,13H,5-6,8-9H2,(H,27,29). The van der Waals surface area contributed by atoms with Gasteiger partial charge in [-0.3, -0.25) is 14.3 Å². The molecule has 0 bridgehead atoms. The van der Waals surface area contributed by atoms with E-state index in [-0.39, 0.29) is 33.1 Å². The molecular weight excluding hydrogens is 499 g/mol. The zero-order chi connectivity index (χ0) is 24.7. The fourth-order valence-corrected chi connectivity index (χ4v) is 4.78. The first-order chi connectivity index (χ1) is 16.0. The Morgan fingerprint density at radius 1 is 1.18 bits per heavy atom. The van der Waals surface area contributed by atoms with Crippen LogP contribution in [0, 0.1) is 0 Å². The first kappa shape index (κ1) is 24.1. The zero-order valence-corrected chi connectivity index (χ0v) is 18.9. The van der Waals surface area contributed by atoms with Gasteiger partial charge in [-0.1, -0.05) is 17.7 Å². The highest BCUT2D eigenvalue weighted by molar-refractivity contribution is 7.90. The predicted molar refractivity (Wildman–Crippen MR) is 118 cm³/mol. The lowest BCUT2D eigenvalue weighted by molar-refractivity contribution is -0.137. The van der Waals surface area contributed by atoms with Crippen LogP contribution in [-0.2, 0) is 21.0 Å². The summed E-state index contributed by atoms with van der Waals surface area (Å²) in [5.74, 6) is -1.23. The van der Waals surface area contributed by atoms with Gasteiger partial charge in [-0.05, 0) is 43.2 Å². The number of para-hydroxylation sites is 1. The van der Waals surface area contributed by atoms with Crippen molar-refractivity contribution in [3.05, 3.63) is 63.3 Å². The second-order valence-electron chi connectivity index (χ2n) is 7.67. The van der Waals surface area contributed by atoms with Gasteiger partial charge in [0, 0.05) is 6.07 Å². The van der Waals surface area contributed by atoms with Crippen molar-refractivity contribution < 1.29 is 35.5 Å². The van der Waals surface area contributed by atoms with Gasteiger partial charge < -0.3 is 9.15 Å². The Hall–Kier alpha value is -3.05. The van der Waals surface area contributed by atoms with Crippen molar-refractivity contribution >= 4 is 38.5 Å². The van der Waals surface area contributed by atoms with Gasteiger partial charge in [0.15, 0.2) is 11.0 Å². The molecular formula is C22H17ClF3NO6S. The highest BCUT2D eigenvalue weighted by Gasteiger charge is 2.36. The van der Waals surface area contributed by atoms with Crippen LogP contribution in [0.15, 0.2) is 51.7 Å². The largest absolute Gasteiger partial charge is 0.492 e. The van der Waals surface area contributed by atoms with Gasteiger partial charge in [0.2, 0.25) is 15.9 Å². The highest BCUT2D eigenvalue weighted by atomic mass is 35.5. The second kappa shape index (κ2) is 8.95. The summed E-state index contributed by atoms with van der Waals surface area (Å²) in [7, 11) is -3.75. The lowest BCUT2D eigenvalue weighted by Gasteiger charge is -2.15. The minimum Gasteiger partial charge on any atom is -0.492 e. The van der Waals surface area contributed by atoms with Crippen molar-refractivity contribution in [2.24, 2.45) is 0 Å². The number of alkyl halides is 3. The summed E-state index contributed by atoms with van der Waals surface area (Å²) in [6, 6.07) is 8.24. The molecule has 1 heterocycles. The van der Waals surface area contributed by atoms with Gasteiger partial charge in [-0.15, -0.1) is 0 Å². The molecule has 0 atom stereocenters. The van der Waals surface area contributed by atoms with Gasteiger partial charge in [0.05, 0.1) is 39.8 Å². The molecule has 2 aromatic carbocycles. The molecule has 0 spiro atoms. The Bertz CT molecular complexity index is 1430. The first-order valence-corrected chi connectivity index (χ1v) is 12.0. The summed E-state index contributed by atoms with van der Waals surface area (Å²) in [4.78, 5) is 24.5. The number of carbonyl (C=O) groups excluding carboxylic acids is 1. The number of rotatable bonds is 7. The fourth-order valence-electron chi connectivity index (χ4n) is 3.22. The van der Waals surface area contributed by atoms with Crippen LogP contribution in [0.3, 0.4) is 0 Å². The van der Waals surface area contributed by atoms with E-state index in [9.17, 15) is 31.2 Å². The maximum atomic E-state index is 13.3. The van der Waals surface area contributed by atoms with Gasteiger partial charge in [0.25, 0.3) is 0 Å². The number of carbonyl (C=O) groups is 1. The first-order valence-electron chi connectivity index (χ1n) is 10.1. The number of fused-ring (bicyclic) bond motifs is 1. The average molecular weight is 516 g/mol. The average Bonchev–Trinajstić information content (AvgIpc) is 3.59. The molecule has 1 aliphatic carbocycles. The minimum absolute atomic E-state index is 0.0259.